The van der Waals surface area contributed by atoms with E-state index < -0.39 is 0 Å². The molecule has 1 aromatic rings. The Morgan fingerprint density at radius 1 is 1.79 bits per heavy atom. The number of thioether (sulfide) groups is 1. The van der Waals surface area contributed by atoms with Crippen LogP contribution >= 0.6 is 11.8 Å². The molecule has 0 aromatic carbocycles. The second-order valence-corrected chi connectivity index (χ2v) is 4.83. The highest BCUT2D eigenvalue weighted by atomic mass is 32.2. The van der Waals surface area contributed by atoms with Gasteiger partial charge in [-0.05, 0) is 18.6 Å². The van der Waals surface area contributed by atoms with Gasteiger partial charge in [-0.2, -0.15) is 11.8 Å². The Balaban J connectivity index is 2.16. The summed E-state index contributed by atoms with van der Waals surface area (Å²) in [6, 6.07) is 0.169. The molecule has 0 aliphatic carbocycles. The topological polar surface area (TPSA) is 68.8 Å². The van der Waals surface area contributed by atoms with Crippen molar-refractivity contribution >= 4 is 11.8 Å². The van der Waals surface area contributed by atoms with Gasteiger partial charge in [0.2, 0.25) is 0 Å². The van der Waals surface area contributed by atoms with Crippen LogP contribution in [0, 0.1) is 0 Å². The third kappa shape index (κ3) is 1.77. The van der Waals surface area contributed by atoms with E-state index in [0.29, 0.717) is 5.25 Å². The van der Waals surface area contributed by atoms with E-state index in [1.807, 2.05) is 18.8 Å². The molecule has 0 bridgehead atoms. The van der Waals surface area contributed by atoms with Gasteiger partial charge in [0.1, 0.15) is 0 Å². The Morgan fingerprint density at radius 2 is 2.64 bits per heavy atom. The maximum absolute atomic E-state index is 5.58. The second-order valence-electron chi connectivity index (χ2n) is 3.48. The molecule has 1 aliphatic rings. The van der Waals surface area contributed by atoms with Crippen LogP contribution in [-0.2, 0) is 7.05 Å². The van der Waals surface area contributed by atoms with Gasteiger partial charge in [0.15, 0.2) is 0 Å². The molecule has 78 valence electrons. The lowest BCUT2D eigenvalue weighted by Gasteiger charge is -2.21. The first-order chi connectivity index (χ1) is 6.83. The molecule has 1 fully saturated rings. The summed E-state index contributed by atoms with van der Waals surface area (Å²) in [7, 11) is 1.90. The van der Waals surface area contributed by atoms with E-state index in [9.17, 15) is 0 Å². The molecule has 3 N–H and O–H groups in total. The minimum absolute atomic E-state index is 0.169. The van der Waals surface area contributed by atoms with Gasteiger partial charge in [-0.3, -0.25) is 16.0 Å². The molecule has 14 heavy (non-hydrogen) atoms. The summed E-state index contributed by atoms with van der Waals surface area (Å²) in [5.74, 6) is 6.81. The van der Waals surface area contributed by atoms with Crippen LogP contribution in [0.4, 0.5) is 0 Å². The first-order valence-corrected chi connectivity index (χ1v) is 5.80. The van der Waals surface area contributed by atoms with Crippen molar-refractivity contribution in [1.29, 1.82) is 0 Å². The molecule has 2 rings (SSSR count). The number of rotatable bonds is 3. The number of aromatic nitrogens is 3. The molecule has 0 saturated carbocycles. The number of nitrogens with two attached hydrogens (primary N) is 1. The average Bonchev–Trinajstić information content (AvgIpc) is 2.80. The maximum atomic E-state index is 5.58. The van der Waals surface area contributed by atoms with Crippen LogP contribution in [0.25, 0.3) is 0 Å². The van der Waals surface area contributed by atoms with Gasteiger partial charge in [0, 0.05) is 12.3 Å². The molecule has 2 atom stereocenters. The zero-order valence-electron chi connectivity index (χ0n) is 8.18. The average molecular weight is 213 g/mol. The minimum Gasteiger partial charge on any atom is -0.271 e. The smallest absolute Gasteiger partial charge is 0.0778 e. The Morgan fingerprint density at radius 3 is 3.14 bits per heavy atom. The van der Waals surface area contributed by atoms with E-state index in [1.165, 1.54) is 18.6 Å². The zero-order chi connectivity index (χ0) is 9.97. The number of nitrogens with one attached hydrogen (secondary N) is 1. The third-order valence-corrected chi connectivity index (χ3v) is 4.04. The predicted octanol–water partition coefficient (Wildman–Crippen LogP) is 0.215. The molecule has 1 aromatic heterocycles. The highest BCUT2D eigenvalue weighted by molar-refractivity contribution is 8.00. The maximum Gasteiger partial charge on any atom is 0.0778 e. The van der Waals surface area contributed by atoms with Gasteiger partial charge in [-0.25, -0.2) is 0 Å². The fraction of sp³-hybridized carbons (Fsp3) is 0.750. The van der Waals surface area contributed by atoms with Gasteiger partial charge in [-0.1, -0.05) is 5.21 Å². The van der Waals surface area contributed by atoms with Crippen molar-refractivity contribution in [2.75, 3.05) is 5.75 Å². The SMILES string of the molecule is Cn1nncc1C(NN)C1CCCS1. The molecule has 0 radical (unpaired) electrons. The Bertz CT molecular complexity index is 294. The third-order valence-electron chi connectivity index (χ3n) is 2.58. The minimum atomic E-state index is 0.169. The van der Waals surface area contributed by atoms with Gasteiger partial charge >= 0.3 is 0 Å². The number of hydrazine groups is 1. The summed E-state index contributed by atoms with van der Waals surface area (Å²) in [5, 5.41) is 8.34. The van der Waals surface area contributed by atoms with Crippen LogP contribution < -0.4 is 11.3 Å². The van der Waals surface area contributed by atoms with Crippen LogP contribution in [0.1, 0.15) is 24.6 Å². The van der Waals surface area contributed by atoms with E-state index in [2.05, 4.69) is 15.7 Å². The van der Waals surface area contributed by atoms with E-state index >= 15 is 0 Å². The Labute approximate surface area is 87.4 Å². The van der Waals surface area contributed by atoms with E-state index in [-0.39, 0.29) is 6.04 Å². The van der Waals surface area contributed by atoms with Crippen molar-refractivity contribution in [3.05, 3.63) is 11.9 Å². The normalized spacial score (nSPS) is 24.0. The first-order valence-electron chi connectivity index (χ1n) is 4.75. The number of aryl methyl sites for hydroxylation is 1. The molecular weight excluding hydrogens is 198 g/mol. The molecule has 0 spiro atoms. The molecule has 6 heteroatoms. The monoisotopic (exact) mass is 213 g/mol. The van der Waals surface area contributed by atoms with Gasteiger partial charge < -0.3 is 0 Å². The van der Waals surface area contributed by atoms with Crippen LogP contribution in [0.5, 0.6) is 0 Å². The van der Waals surface area contributed by atoms with Gasteiger partial charge in [0.05, 0.1) is 17.9 Å². The second kappa shape index (κ2) is 4.29. The summed E-state index contributed by atoms with van der Waals surface area (Å²) in [6.07, 6.45) is 4.27. The predicted molar refractivity (Wildman–Crippen MR) is 56.5 cm³/mol. The van der Waals surface area contributed by atoms with Crippen molar-refractivity contribution in [1.82, 2.24) is 20.4 Å². The van der Waals surface area contributed by atoms with Crippen LogP contribution in [0.3, 0.4) is 0 Å². The number of nitrogens with zero attached hydrogens (tertiary/aromatic N) is 3. The fourth-order valence-corrected chi connectivity index (χ4v) is 3.21. The quantitative estimate of drug-likeness (QED) is 0.555. The van der Waals surface area contributed by atoms with Crippen LogP contribution in [0.2, 0.25) is 0 Å². The van der Waals surface area contributed by atoms with Crippen molar-refractivity contribution in [2.45, 2.75) is 24.1 Å². The lowest BCUT2D eigenvalue weighted by Crippen LogP contribution is -2.35. The molecular formula is C8H15N5S. The van der Waals surface area contributed by atoms with E-state index in [4.69, 9.17) is 5.84 Å². The largest absolute Gasteiger partial charge is 0.271 e. The summed E-state index contributed by atoms with van der Waals surface area (Å²) < 4.78 is 1.78. The lowest BCUT2D eigenvalue weighted by atomic mass is 10.1. The number of hydrogen-bond donors (Lipinski definition) is 2. The molecule has 1 aliphatic heterocycles. The first kappa shape index (κ1) is 9.95. The van der Waals surface area contributed by atoms with Crippen molar-refractivity contribution < 1.29 is 0 Å². The molecule has 2 unspecified atom stereocenters. The zero-order valence-corrected chi connectivity index (χ0v) is 9.00. The van der Waals surface area contributed by atoms with Crippen molar-refractivity contribution in [3.63, 3.8) is 0 Å². The summed E-state index contributed by atoms with van der Waals surface area (Å²) in [4.78, 5) is 0. The van der Waals surface area contributed by atoms with E-state index in [1.54, 1.807) is 10.9 Å². The van der Waals surface area contributed by atoms with E-state index in [0.717, 1.165) is 5.69 Å². The summed E-state index contributed by atoms with van der Waals surface area (Å²) in [5.41, 5.74) is 3.93. The van der Waals surface area contributed by atoms with Crippen LogP contribution in [0.15, 0.2) is 6.20 Å². The highest BCUT2D eigenvalue weighted by Crippen LogP contribution is 2.34. The highest BCUT2D eigenvalue weighted by Gasteiger charge is 2.28. The molecule has 0 amide bonds. The lowest BCUT2D eigenvalue weighted by molar-refractivity contribution is 0.484. The molecule has 5 nitrogen and oxygen atoms in total. The molecule has 1 saturated heterocycles. The molecule has 2 heterocycles. The van der Waals surface area contributed by atoms with Gasteiger partial charge in [0.25, 0.3) is 0 Å². The Hall–Kier alpha value is -0.590. The van der Waals surface area contributed by atoms with Crippen LogP contribution in [-0.4, -0.2) is 26.0 Å². The van der Waals surface area contributed by atoms with Crippen molar-refractivity contribution in [2.24, 2.45) is 12.9 Å². The fourth-order valence-electron chi connectivity index (χ4n) is 1.83. The van der Waals surface area contributed by atoms with Gasteiger partial charge in [-0.15, -0.1) is 5.10 Å². The summed E-state index contributed by atoms with van der Waals surface area (Å²) >= 11 is 1.97. The number of hydrogen-bond acceptors (Lipinski definition) is 5. The summed E-state index contributed by atoms with van der Waals surface area (Å²) in [6.45, 7) is 0. The van der Waals surface area contributed by atoms with Crippen molar-refractivity contribution in [3.8, 4) is 0 Å². The Kier molecular flexibility index (Phi) is 3.05. The standard InChI is InChI=1S/C8H15N5S/c1-13-6(5-10-12-13)8(11-9)7-3-2-4-14-7/h5,7-8,11H,2-4,9H2,1H3.